The molecule has 0 radical (unpaired) electrons. The number of carbonyl (C=O) groups is 2. The number of carbonyl (C=O) groups excluding carboxylic acids is 2. The SMILES string of the molecule is CC(C)(C)OC(=O)C1C2CC(S)C(S2)C1C(=O)OC(C)(C)C. The van der Waals surface area contributed by atoms with Gasteiger partial charge in [-0.15, -0.1) is 0 Å². The molecule has 6 heteroatoms. The van der Waals surface area contributed by atoms with Crippen molar-refractivity contribution in [1.29, 1.82) is 0 Å². The molecule has 0 aromatic heterocycles. The molecule has 5 atom stereocenters. The van der Waals surface area contributed by atoms with Gasteiger partial charge in [0, 0.05) is 15.7 Å². The minimum atomic E-state index is -0.561. The summed E-state index contributed by atoms with van der Waals surface area (Å²) in [5, 5.41) is 0.256. The molecule has 4 nitrogen and oxygen atoms in total. The first-order chi connectivity index (χ1) is 9.89. The molecule has 0 aromatic rings. The molecule has 0 amide bonds. The van der Waals surface area contributed by atoms with Crippen LogP contribution in [-0.4, -0.2) is 38.9 Å². The third kappa shape index (κ3) is 3.94. The van der Waals surface area contributed by atoms with E-state index in [4.69, 9.17) is 9.47 Å². The molecule has 2 aliphatic rings. The van der Waals surface area contributed by atoms with Crippen molar-refractivity contribution >= 4 is 36.3 Å². The predicted octanol–water partition coefficient (Wildman–Crippen LogP) is 3.09. The number of hydrogen-bond donors (Lipinski definition) is 1. The fourth-order valence-electron chi connectivity index (χ4n) is 3.03. The summed E-state index contributed by atoms with van der Waals surface area (Å²) in [7, 11) is 0. The average Bonchev–Trinajstić information content (AvgIpc) is 2.79. The maximum Gasteiger partial charge on any atom is 0.311 e. The summed E-state index contributed by atoms with van der Waals surface area (Å²) in [6.07, 6.45) is 0.835. The predicted molar refractivity (Wildman–Crippen MR) is 91.2 cm³/mol. The van der Waals surface area contributed by atoms with E-state index >= 15 is 0 Å². The van der Waals surface area contributed by atoms with Crippen molar-refractivity contribution in [2.75, 3.05) is 0 Å². The summed E-state index contributed by atoms with van der Waals surface area (Å²) in [5.74, 6) is -1.47. The smallest absolute Gasteiger partial charge is 0.311 e. The van der Waals surface area contributed by atoms with E-state index in [-0.39, 0.29) is 27.7 Å². The molecule has 126 valence electrons. The standard InChI is InChI=1S/C16H26O4S2/c1-15(2,3)19-13(17)10-9-7-8(21)12(22-9)11(10)14(18)20-16(4,5)6/h8-12,21H,7H2,1-6H3. The lowest BCUT2D eigenvalue weighted by Gasteiger charge is -2.33. The molecular formula is C16H26O4S2. The molecule has 0 saturated carbocycles. The van der Waals surface area contributed by atoms with Gasteiger partial charge in [-0.05, 0) is 48.0 Å². The van der Waals surface area contributed by atoms with Gasteiger partial charge in [0.25, 0.3) is 0 Å². The zero-order valence-corrected chi connectivity index (χ0v) is 15.8. The zero-order chi connectivity index (χ0) is 16.9. The van der Waals surface area contributed by atoms with Crippen molar-refractivity contribution in [1.82, 2.24) is 0 Å². The van der Waals surface area contributed by atoms with Crippen LogP contribution < -0.4 is 0 Å². The Morgan fingerprint density at radius 2 is 1.41 bits per heavy atom. The van der Waals surface area contributed by atoms with Gasteiger partial charge in [0.1, 0.15) is 11.2 Å². The monoisotopic (exact) mass is 346 g/mol. The Bertz CT molecular complexity index is 464. The summed E-state index contributed by atoms with van der Waals surface area (Å²) in [6.45, 7) is 11.0. The molecule has 0 N–H and O–H groups in total. The van der Waals surface area contributed by atoms with E-state index in [9.17, 15) is 9.59 Å². The van der Waals surface area contributed by atoms with Gasteiger partial charge in [-0.2, -0.15) is 24.4 Å². The molecule has 2 aliphatic heterocycles. The third-order valence-corrected chi connectivity index (χ3v) is 6.19. The van der Waals surface area contributed by atoms with Crippen LogP contribution in [0.3, 0.4) is 0 Å². The van der Waals surface area contributed by atoms with E-state index in [1.54, 1.807) is 11.8 Å². The molecule has 22 heavy (non-hydrogen) atoms. The van der Waals surface area contributed by atoms with Crippen molar-refractivity contribution in [2.24, 2.45) is 11.8 Å². The van der Waals surface area contributed by atoms with E-state index in [2.05, 4.69) is 12.6 Å². The third-order valence-electron chi connectivity index (χ3n) is 3.68. The summed E-state index contributed by atoms with van der Waals surface area (Å²) in [4.78, 5) is 25.2. The lowest BCUT2D eigenvalue weighted by atomic mass is 9.78. The van der Waals surface area contributed by atoms with E-state index in [0.29, 0.717) is 0 Å². The normalized spacial score (nSPS) is 34.6. The molecule has 2 saturated heterocycles. The highest BCUT2D eigenvalue weighted by Crippen LogP contribution is 2.55. The van der Waals surface area contributed by atoms with Crippen molar-refractivity contribution < 1.29 is 19.1 Å². The van der Waals surface area contributed by atoms with Crippen LogP contribution >= 0.6 is 24.4 Å². The Morgan fingerprint density at radius 1 is 0.955 bits per heavy atom. The van der Waals surface area contributed by atoms with Gasteiger partial charge < -0.3 is 9.47 Å². The Balaban J connectivity index is 2.20. The van der Waals surface area contributed by atoms with E-state index in [0.717, 1.165) is 6.42 Å². The highest BCUT2D eigenvalue weighted by molar-refractivity contribution is 8.02. The first-order valence-electron chi connectivity index (χ1n) is 7.68. The zero-order valence-electron chi connectivity index (χ0n) is 14.1. The number of fused-ring (bicyclic) bond motifs is 2. The van der Waals surface area contributed by atoms with Crippen molar-refractivity contribution in [3.05, 3.63) is 0 Å². The largest absolute Gasteiger partial charge is 0.460 e. The summed E-state index contributed by atoms with van der Waals surface area (Å²) in [5.41, 5.74) is -1.11. The molecule has 0 aromatic carbocycles. The number of ether oxygens (including phenoxy) is 2. The van der Waals surface area contributed by atoms with Gasteiger partial charge in [0.05, 0.1) is 11.8 Å². The van der Waals surface area contributed by atoms with Crippen LogP contribution in [0.1, 0.15) is 48.0 Å². The molecule has 2 bridgehead atoms. The van der Waals surface area contributed by atoms with Crippen LogP contribution in [0.4, 0.5) is 0 Å². The lowest BCUT2D eigenvalue weighted by molar-refractivity contribution is -0.173. The van der Waals surface area contributed by atoms with Crippen LogP contribution in [0.5, 0.6) is 0 Å². The highest BCUT2D eigenvalue weighted by Gasteiger charge is 2.59. The second-order valence-electron chi connectivity index (χ2n) is 8.06. The first kappa shape index (κ1) is 18.0. The lowest BCUT2D eigenvalue weighted by Crippen LogP contribution is -2.46. The van der Waals surface area contributed by atoms with Crippen molar-refractivity contribution in [2.45, 2.75) is 74.9 Å². The molecule has 0 aliphatic carbocycles. The van der Waals surface area contributed by atoms with Crippen molar-refractivity contribution in [3.8, 4) is 0 Å². The van der Waals surface area contributed by atoms with Gasteiger partial charge in [-0.1, -0.05) is 0 Å². The number of thioether (sulfide) groups is 1. The van der Waals surface area contributed by atoms with Crippen LogP contribution in [-0.2, 0) is 19.1 Å². The molecule has 2 heterocycles. The summed E-state index contributed by atoms with van der Waals surface area (Å²) >= 11 is 6.26. The highest BCUT2D eigenvalue weighted by atomic mass is 32.2. The second-order valence-corrected chi connectivity index (χ2v) is 10.1. The molecule has 0 spiro atoms. The van der Waals surface area contributed by atoms with Crippen LogP contribution in [0.15, 0.2) is 0 Å². The van der Waals surface area contributed by atoms with Gasteiger partial charge in [0.2, 0.25) is 0 Å². The molecule has 2 rings (SSSR count). The Kier molecular flexibility index (Phi) is 4.85. The fraction of sp³-hybridized carbons (Fsp3) is 0.875. The quantitative estimate of drug-likeness (QED) is 0.615. The number of thiol groups is 1. The Morgan fingerprint density at radius 3 is 1.86 bits per heavy atom. The molecule has 5 unspecified atom stereocenters. The maximum absolute atomic E-state index is 12.6. The van der Waals surface area contributed by atoms with Crippen LogP contribution in [0, 0.1) is 11.8 Å². The van der Waals surface area contributed by atoms with Crippen LogP contribution in [0.2, 0.25) is 0 Å². The van der Waals surface area contributed by atoms with Gasteiger partial charge in [0.15, 0.2) is 0 Å². The Hall–Kier alpha value is -0.360. The molecular weight excluding hydrogens is 320 g/mol. The summed E-state index contributed by atoms with van der Waals surface area (Å²) in [6, 6.07) is 0. The molecule has 2 fully saturated rings. The van der Waals surface area contributed by atoms with Gasteiger partial charge in [-0.3, -0.25) is 9.59 Å². The minimum Gasteiger partial charge on any atom is -0.460 e. The Labute approximate surface area is 142 Å². The minimum absolute atomic E-state index is 0.0284. The average molecular weight is 347 g/mol. The topological polar surface area (TPSA) is 52.6 Å². The second kappa shape index (κ2) is 5.93. The summed E-state index contributed by atoms with van der Waals surface area (Å²) < 4.78 is 11.1. The van der Waals surface area contributed by atoms with E-state index in [1.165, 1.54) is 0 Å². The fourth-order valence-corrected chi connectivity index (χ4v) is 5.71. The van der Waals surface area contributed by atoms with E-state index < -0.39 is 23.0 Å². The van der Waals surface area contributed by atoms with Gasteiger partial charge >= 0.3 is 11.9 Å². The van der Waals surface area contributed by atoms with Crippen molar-refractivity contribution in [3.63, 3.8) is 0 Å². The van der Waals surface area contributed by atoms with Crippen LogP contribution in [0.25, 0.3) is 0 Å². The number of rotatable bonds is 2. The first-order valence-corrected chi connectivity index (χ1v) is 9.14. The van der Waals surface area contributed by atoms with Gasteiger partial charge in [-0.25, -0.2) is 0 Å². The maximum atomic E-state index is 12.6. The number of hydrogen-bond acceptors (Lipinski definition) is 6. The van der Waals surface area contributed by atoms with E-state index in [1.807, 2.05) is 41.5 Å². The number of esters is 2.